The van der Waals surface area contributed by atoms with Crippen LogP contribution in [0.5, 0.6) is 0 Å². The summed E-state index contributed by atoms with van der Waals surface area (Å²) >= 11 is 1.85. The fourth-order valence-corrected chi connectivity index (χ4v) is 6.78. The molecule has 2 nitrogen and oxygen atoms in total. The number of para-hydroxylation sites is 1. The first kappa shape index (κ1) is 20.6. The lowest BCUT2D eigenvalue weighted by Crippen LogP contribution is -1.93. The summed E-state index contributed by atoms with van der Waals surface area (Å²) in [4.78, 5) is 0. The topological polar surface area (TPSA) is 17.0 Å². The number of benzene rings is 6. The molecular weight excluding hydrogens is 468 g/mol. The van der Waals surface area contributed by atoms with Gasteiger partial charge in [0.1, 0.15) is 0 Å². The highest BCUT2D eigenvalue weighted by Gasteiger charge is 2.15. The molecule has 8 rings (SSSR count). The SMILES string of the molecule is c1ccc(-n2c3ccc(Nc4ccc5sc6ccccc6c5c4)cc3c3c4ccccc4ccc32)cc1. The average molecular weight is 491 g/mol. The second kappa shape index (κ2) is 7.95. The monoisotopic (exact) mass is 490 g/mol. The Morgan fingerprint density at radius 1 is 0.486 bits per heavy atom. The van der Waals surface area contributed by atoms with Gasteiger partial charge in [0.25, 0.3) is 0 Å². The molecular formula is C34H22N2S. The molecule has 0 fully saturated rings. The lowest BCUT2D eigenvalue weighted by Gasteiger charge is -2.09. The molecule has 0 atom stereocenters. The number of hydrogen-bond acceptors (Lipinski definition) is 2. The fraction of sp³-hybridized carbons (Fsp3) is 0. The normalized spacial score (nSPS) is 11.8. The molecule has 0 unspecified atom stereocenters. The summed E-state index contributed by atoms with van der Waals surface area (Å²) in [6.07, 6.45) is 0. The molecule has 174 valence electrons. The van der Waals surface area contributed by atoms with Crippen LogP contribution >= 0.6 is 11.3 Å². The molecule has 37 heavy (non-hydrogen) atoms. The maximum absolute atomic E-state index is 3.70. The minimum atomic E-state index is 1.09. The van der Waals surface area contributed by atoms with Gasteiger partial charge < -0.3 is 9.88 Å². The van der Waals surface area contributed by atoms with Gasteiger partial charge in [0, 0.05) is 48.0 Å². The van der Waals surface area contributed by atoms with Crippen molar-refractivity contribution in [3.8, 4) is 5.69 Å². The predicted molar refractivity (Wildman–Crippen MR) is 161 cm³/mol. The zero-order chi connectivity index (χ0) is 24.3. The summed E-state index contributed by atoms with van der Waals surface area (Å²) < 4.78 is 5.03. The first-order chi connectivity index (χ1) is 18.3. The van der Waals surface area contributed by atoms with Crippen LogP contribution in [0.15, 0.2) is 127 Å². The number of fused-ring (bicyclic) bond motifs is 8. The van der Waals surface area contributed by atoms with Crippen LogP contribution in [0.25, 0.3) is 58.4 Å². The van der Waals surface area contributed by atoms with Crippen molar-refractivity contribution in [2.75, 3.05) is 5.32 Å². The van der Waals surface area contributed by atoms with Crippen molar-refractivity contribution in [3.63, 3.8) is 0 Å². The highest BCUT2D eigenvalue weighted by atomic mass is 32.1. The van der Waals surface area contributed by atoms with Gasteiger partial charge in [-0.25, -0.2) is 0 Å². The Hall–Kier alpha value is -4.60. The standard InChI is InChI=1S/C34H22N2S/c1-2-9-25(10-3-1)36-30-18-15-23(21-29(30)34-26-11-5-4-8-22(26)14-17-31(34)36)35-24-16-19-33-28(20-24)27-12-6-7-13-32(27)37-33/h1-21,35H. The maximum Gasteiger partial charge on any atom is 0.0547 e. The van der Waals surface area contributed by atoms with Crippen LogP contribution in [0.4, 0.5) is 11.4 Å². The van der Waals surface area contributed by atoms with Gasteiger partial charge >= 0.3 is 0 Å². The Morgan fingerprint density at radius 2 is 1.16 bits per heavy atom. The molecule has 2 aromatic heterocycles. The Bertz CT molecular complexity index is 2120. The van der Waals surface area contributed by atoms with E-state index in [2.05, 4.69) is 137 Å². The van der Waals surface area contributed by atoms with Crippen LogP contribution in [0.3, 0.4) is 0 Å². The van der Waals surface area contributed by atoms with E-state index in [4.69, 9.17) is 0 Å². The van der Waals surface area contributed by atoms with Gasteiger partial charge in [0.05, 0.1) is 11.0 Å². The highest BCUT2D eigenvalue weighted by molar-refractivity contribution is 7.25. The zero-order valence-corrected chi connectivity index (χ0v) is 20.8. The zero-order valence-electron chi connectivity index (χ0n) is 20.0. The lowest BCUT2D eigenvalue weighted by molar-refractivity contribution is 1.18. The van der Waals surface area contributed by atoms with Crippen molar-refractivity contribution < 1.29 is 0 Å². The average Bonchev–Trinajstić information content (AvgIpc) is 3.49. The Balaban J connectivity index is 1.34. The van der Waals surface area contributed by atoms with E-state index in [-0.39, 0.29) is 0 Å². The minimum absolute atomic E-state index is 1.09. The van der Waals surface area contributed by atoms with Crippen molar-refractivity contribution in [2.24, 2.45) is 0 Å². The number of anilines is 2. The van der Waals surface area contributed by atoms with Gasteiger partial charge in [-0.05, 0) is 71.4 Å². The van der Waals surface area contributed by atoms with Crippen LogP contribution < -0.4 is 5.32 Å². The van der Waals surface area contributed by atoms with Crippen molar-refractivity contribution in [1.29, 1.82) is 0 Å². The molecule has 0 spiro atoms. The number of thiophene rings is 1. The largest absolute Gasteiger partial charge is 0.355 e. The third kappa shape index (κ3) is 3.18. The van der Waals surface area contributed by atoms with E-state index in [1.165, 1.54) is 58.4 Å². The molecule has 0 radical (unpaired) electrons. The molecule has 0 amide bonds. The van der Waals surface area contributed by atoms with E-state index in [9.17, 15) is 0 Å². The number of nitrogens with zero attached hydrogens (tertiary/aromatic N) is 1. The third-order valence-electron chi connectivity index (χ3n) is 7.33. The molecule has 8 aromatic rings. The van der Waals surface area contributed by atoms with Crippen molar-refractivity contribution in [3.05, 3.63) is 127 Å². The van der Waals surface area contributed by atoms with E-state index in [1.54, 1.807) is 0 Å². The first-order valence-electron chi connectivity index (χ1n) is 12.5. The van der Waals surface area contributed by atoms with Crippen LogP contribution in [-0.2, 0) is 0 Å². The van der Waals surface area contributed by atoms with Gasteiger partial charge in [-0.3, -0.25) is 0 Å². The maximum atomic E-state index is 3.70. The van der Waals surface area contributed by atoms with E-state index >= 15 is 0 Å². The quantitative estimate of drug-likeness (QED) is 0.261. The fourth-order valence-electron chi connectivity index (χ4n) is 5.69. The first-order valence-corrected chi connectivity index (χ1v) is 13.3. The molecule has 2 heterocycles. The molecule has 1 N–H and O–H groups in total. The highest BCUT2D eigenvalue weighted by Crippen LogP contribution is 2.39. The summed E-state index contributed by atoms with van der Waals surface area (Å²) in [5.74, 6) is 0. The summed E-state index contributed by atoms with van der Waals surface area (Å²) in [5.41, 5.74) is 5.80. The smallest absolute Gasteiger partial charge is 0.0547 e. The van der Waals surface area contributed by atoms with Crippen molar-refractivity contribution in [1.82, 2.24) is 4.57 Å². The molecule has 0 aliphatic carbocycles. The van der Waals surface area contributed by atoms with Gasteiger partial charge in [0.15, 0.2) is 0 Å². The second-order valence-electron chi connectivity index (χ2n) is 9.52. The molecule has 0 saturated heterocycles. The summed E-state index contributed by atoms with van der Waals surface area (Å²) in [7, 11) is 0. The van der Waals surface area contributed by atoms with Gasteiger partial charge in [-0.15, -0.1) is 11.3 Å². The lowest BCUT2D eigenvalue weighted by atomic mass is 10.0. The number of aromatic nitrogens is 1. The Kier molecular flexibility index (Phi) is 4.42. The molecule has 0 aliphatic heterocycles. The van der Waals surface area contributed by atoms with Gasteiger partial charge in [0.2, 0.25) is 0 Å². The summed E-state index contributed by atoms with van der Waals surface area (Å²) in [5, 5.41) is 11.4. The van der Waals surface area contributed by atoms with Gasteiger partial charge in [-0.2, -0.15) is 0 Å². The van der Waals surface area contributed by atoms with Crippen LogP contribution in [-0.4, -0.2) is 4.57 Å². The van der Waals surface area contributed by atoms with Crippen molar-refractivity contribution in [2.45, 2.75) is 0 Å². The predicted octanol–water partition coefficient (Wildman–Crippen LogP) is 10.0. The molecule has 0 saturated carbocycles. The van der Waals surface area contributed by atoms with E-state index in [0.717, 1.165) is 11.4 Å². The third-order valence-corrected chi connectivity index (χ3v) is 8.49. The number of nitrogens with one attached hydrogen (secondary N) is 1. The Morgan fingerprint density at radius 3 is 2.05 bits per heavy atom. The molecule has 3 heteroatoms. The summed E-state index contributed by atoms with van der Waals surface area (Å²) in [6, 6.07) is 45.9. The Labute approximate surface area is 218 Å². The number of rotatable bonds is 3. The van der Waals surface area contributed by atoms with Crippen LogP contribution in [0.2, 0.25) is 0 Å². The van der Waals surface area contributed by atoms with Crippen LogP contribution in [0.1, 0.15) is 0 Å². The van der Waals surface area contributed by atoms with Crippen molar-refractivity contribution >= 4 is 75.5 Å². The molecule has 0 bridgehead atoms. The van der Waals surface area contributed by atoms with Gasteiger partial charge in [-0.1, -0.05) is 66.7 Å². The molecule has 6 aromatic carbocycles. The van der Waals surface area contributed by atoms with E-state index in [1.807, 2.05) is 11.3 Å². The second-order valence-corrected chi connectivity index (χ2v) is 10.6. The van der Waals surface area contributed by atoms with E-state index < -0.39 is 0 Å². The number of hydrogen-bond donors (Lipinski definition) is 1. The van der Waals surface area contributed by atoms with Crippen LogP contribution in [0, 0.1) is 0 Å². The minimum Gasteiger partial charge on any atom is -0.355 e. The summed E-state index contributed by atoms with van der Waals surface area (Å²) in [6.45, 7) is 0. The molecule has 0 aliphatic rings. The van der Waals surface area contributed by atoms with E-state index in [0.29, 0.717) is 0 Å².